The summed E-state index contributed by atoms with van der Waals surface area (Å²) in [6.07, 6.45) is 0. The lowest BCUT2D eigenvalue weighted by Gasteiger charge is -2.17. The highest BCUT2D eigenvalue weighted by atomic mass is 35.5. The zero-order chi connectivity index (χ0) is 21.5. The van der Waals surface area contributed by atoms with Gasteiger partial charge in [0.1, 0.15) is 0 Å². The molecule has 3 aromatic rings. The molecule has 0 radical (unpaired) electrons. The van der Waals surface area contributed by atoms with Gasteiger partial charge in [0.2, 0.25) is 5.91 Å². The highest BCUT2D eigenvalue weighted by Gasteiger charge is 2.16. The van der Waals surface area contributed by atoms with Gasteiger partial charge in [0.15, 0.2) is 0 Å². The van der Waals surface area contributed by atoms with Gasteiger partial charge >= 0.3 is 0 Å². The SMILES string of the molecule is CN(CC(=O)Nc1ccccc1Cl)C(=O)c1ccc(NC(=O)c2ccccc2)cc1. The molecule has 0 bridgehead atoms. The fourth-order valence-corrected chi connectivity index (χ4v) is 2.93. The third-order valence-corrected chi connectivity index (χ3v) is 4.63. The van der Waals surface area contributed by atoms with Crippen LogP contribution in [0.3, 0.4) is 0 Å². The third-order valence-electron chi connectivity index (χ3n) is 4.30. The molecule has 0 unspecified atom stereocenters. The number of benzene rings is 3. The van der Waals surface area contributed by atoms with Crippen LogP contribution in [0, 0.1) is 0 Å². The van der Waals surface area contributed by atoms with Crippen molar-refractivity contribution in [3.63, 3.8) is 0 Å². The average molecular weight is 422 g/mol. The summed E-state index contributed by atoms with van der Waals surface area (Å²) in [4.78, 5) is 38.3. The molecule has 2 N–H and O–H groups in total. The summed E-state index contributed by atoms with van der Waals surface area (Å²) >= 11 is 6.03. The van der Waals surface area contributed by atoms with Gasteiger partial charge in [-0.15, -0.1) is 0 Å². The van der Waals surface area contributed by atoms with E-state index in [-0.39, 0.29) is 24.3 Å². The molecule has 0 saturated carbocycles. The van der Waals surface area contributed by atoms with Crippen molar-refractivity contribution in [2.75, 3.05) is 24.2 Å². The minimum Gasteiger partial charge on any atom is -0.332 e. The molecule has 0 heterocycles. The standard InChI is InChI=1S/C23H20ClN3O3/c1-27(15-21(28)26-20-10-6-5-9-19(20)24)23(30)17-11-13-18(14-12-17)25-22(29)16-7-3-2-4-8-16/h2-14H,15H2,1H3,(H,25,29)(H,26,28). The Bertz CT molecular complexity index is 1050. The number of carbonyl (C=O) groups excluding carboxylic acids is 3. The first-order valence-electron chi connectivity index (χ1n) is 9.20. The molecule has 0 aromatic heterocycles. The maximum Gasteiger partial charge on any atom is 0.255 e. The van der Waals surface area contributed by atoms with Crippen molar-refractivity contribution in [2.24, 2.45) is 0 Å². The lowest BCUT2D eigenvalue weighted by atomic mass is 10.1. The lowest BCUT2D eigenvalue weighted by Crippen LogP contribution is -2.35. The normalized spacial score (nSPS) is 10.2. The summed E-state index contributed by atoms with van der Waals surface area (Å²) in [6.45, 7) is -0.128. The van der Waals surface area contributed by atoms with Crippen LogP contribution in [-0.2, 0) is 4.79 Å². The number of rotatable bonds is 6. The fourth-order valence-electron chi connectivity index (χ4n) is 2.75. The Balaban J connectivity index is 1.57. The largest absolute Gasteiger partial charge is 0.332 e. The van der Waals surface area contributed by atoms with Crippen molar-refractivity contribution in [2.45, 2.75) is 0 Å². The van der Waals surface area contributed by atoms with E-state index in [0.717, 1.165) is 0 Å². The molecule has 6 nitrogen and oxygen atoms in total. The van der Waals surface area contributed by atoms with Gasteiger partial charge in [-0.3, -0.25) is 14.4 Å². The van der Waals surface area contributed by atoms with Crippen LogP contribution >= 0.6 is 11.6 Å². The Kier molecular flexibility index (Phi) is 6.83. The number of hydrogen-bond acceptors (Lipinski definition) is 3. The number of halogens is 1. The lowest BCUT2D eigenvalue weighted by molar-refractivity contribution is -0.116. The van der Waals surface area contributed by atoms with Gasteiger partial charge in [0.05, 0.1) is 17.3 Å². The fraction of sp³-hybridized carbons (Fsp3) is 0.0870. The van der Waals surface area contributed by atoms with Crippen molar-refractivity contribution in [1.29, 1.82) is 0 Å². The van der Waals surface area contributed by atoms with Crippen LogP contribution in [0.25, 0.3) is 0 Å². The second-order valence-corrected chi connectivity index (χ2v) is 6.99. The van der Waals surface area contributed by atoms with Crippen LogP contribution in [0.4, 0.5) is 11.4 Å². The number of hydrogen-bond donors (Lipinski definition) is 2. The molecule has 0 aliphatic carbocycles. The number of carbonyl (C=O) groups is 3. The predicted octanol–water partition coefficient (Wildman–Crippen LogP) is 4.30. The summed E-state index contributed by atoms with van der Waals surface area (Å²) < 4.78 is 0. The zero-order valence-corrected chi connectivity index (χ0v) is 17.0. The number of nitrogens with one attached hydrogen (secondary N) is 2. The van der Waals surface area contributed by atoms with Crippen molar-refractivity contribution >= 4 is 40.7 Å². The monoisotopic (exact) mass is 421 g/mol. The number of anilines is 2. The highest BCUT2D eigenvalue weighted by Crippen LogP contribution is 2.20. The number of likely N-dealkylation sites (N-methyl/N-ethyl adjacent to an activating group) is 1. The van der Waals surface area contributed by atoms with Crippen LogP contribution in [-0.4, -0.2) is 36.2 Å². The summed E-state index contributed by atoms with van der Waals surface area (Å²) in [7, 11) is 1.54. The van der Waals surface area contributed by atoms with Gasteiger partial charge in [-0.25, -0.2) is 0 Å². The van der Waals surface area contributed by atoms with Crippen LogP contribution in [0.2, 0.25) is 5.02 Å². The Hall–Kier alpha value is -3.64. The summed E-state index contributed by atoms with van der Waals surface area (Å²) in [6, 6.07) is 22.2. The number of amides is 3. The van der Waals surface area contributed by atoms with Gasteiger partial charge in [-0.05, 0) is 48.5 Å². The van der Waals surface area contributed by atoms with E-state index in [1.807, 2.05) is 6.07 Å². The molecule has 3 aromatic carbocycles. The van der Waals surface area contributed by atoms with E-state index < -0.39 is 0 Å². The number of para-hydroxylation sites is 1. The summed E-state index contributed by atoms with van der Waals surface area (Å²) in [5, 5.41) is 5.88. The molecule has 0 atom stereocenters. The van der Waals surface area contributed by atoms with E-state index in [1.54, 1.807) is 79.8 Å². The Morgan fingerprint density at radius 1 is 0.800 bits per heavy atom. The van der Waals surface area contributed by atoms with Gasteiger partial charge in [-0.2, -0.15) is 0 Å². The van der Waals surface area contributed by atoms with Crippen molar-refractivity contribution in [1.82, 2.24) is 4.90 Å². The molecule has 152 valence electrons. The van der Waals surface area contributed by atoms with Crippen molar-refractivity contribution in [3.8, 4) is 0 Å². The van der Waals surface area contributed by atoms with Gasteiger partial charge in [-0.1, -0.05) is 41.9 Å². The Morgan fingerprint density at radius 3 is 2.10 bits per heavy atom. The Morgan fingerprint density at radius 2 is 1.43 bits per heavy atom. The van der Waals surface area contributed by atoms with Gasteiger partial charge < -0.3 is 15.5 Å². The molecule has 7 heteroatoms. The second-order valence-electron chi connectivity index (χ2n) is 6.59. The van der Waals surface area contributed by atoms with Crippen LogP contribution in [0.15, 0.2) is 78.9 Å². The van der Waals surface area contributed by atoms with Crippen LogP contribution < -0.4 is 10.6 Å². The van der Waals surface area contributed by atoms with E-state index in [2.05, 4.69) is 10.6 Å². The topological polar surface area (TPSA) is 78.5 Å². The molecule has 3 amide bonds. The summed E-state index contributed by atoms with van der Waals surface area (Å²) in [5.74, 6) is -0.904. The Labute approximate surface area is 179 Å². The zero-order valence-electron chi connectivity index (χ0n) is 16.3. The molecule has 0 spiro atoms. The van der Waals surface area contributed by atoms with E-state index in [0.29, 0.717) is 27.5 Å². The summed E-state index contributed by atoms with van der Waals surface area (Å²) in [5.41, 5.74) is 2.01. The second kappa shape index (κ2) is 9.71. The highest BCUT2D eigenvalue weighted by molar-refractivity contribution is 6.33. The first-order valence-corrected chi connectivity index (χ1v) is 9.58. The van der Waals surface area contributed by atoms with Crippen LogP contribution in [0.1, 0.15) is 20.7 Å². The van der Waals surface area contributed by atoms with E-state index in [1.165, 1.54) is 4.90 Å². The first kappa shape index (κ1) is 21.1. The van der Waals surface area contributed by atoms with Gasteiger partial charge in [0, 0.05) is 23.9 Å². The molecular formula is C23H20ClN3O3. The maximum absolute atomic E-state index is 12.6. The third kappa shape index (κ3) is 5.46. The smallest absolute Gasteiger partial charge is 0.255 e. The molecule has 0 saturated heterocycles. The minimum atomic E-state index is -0.356. The maximum atomic E-state index is 12.6. The molecular weight excluding hydrogens is 402 g/mol. The van der Waals surface area contributed by atoms with E-state index in [4.69, 9.17) is 11.6 Å². The predicted molar refractivity (Wildman–Crippen MR) is 118 cm³/mol. The van der Waals surface area contributed by atoms with Gasteiger partial charge in [0.25, 0.3) is 11.8 Å². The van der Waals surface area contributed by atoms with E-state index in [9.17, 15) is 14.4 Å². The molecule has 3 rings (SSSR count). The minimum absolute atomic E-state index is 0.128. The first-order chi connectivity index (χ1) is 14.4. The molecule has 0 fully saturated rings. The quantitative estimate of drug-likeness (QED) is 0.622. The van der Waals surface area contributed by atoms with E-state index >= 15 is 0 Å². The molecule has 0 aliphatic rings. The molecule has 30 heavy (non-hydrogen) atoms. The molecule has 0 aliphatic heterocycles. The van der Waals surface area contributed by atoms with Crippen molar-refractivity contribution in [3.05, 3.63) is 95.0 Å². The average Bonchev–Trinajstić information content (AvgIpc) is 2.76. The number of nitrogens with zero attached hydrogens (tertiary/aromatic N) is 1. The van der Waals surface area contributed by atoms with Crippen LogP contribution in [0.5, 0.6) is 0 Å². The van der Waals surface area contributed by atoms with Crippen molar-refractivity contribution < 1.29 is 14.4 Å².